The number of ether oxygens (including phenoxy) is 2. The third-order valence-electron chi connectivity index (χ3n) is 10.2. The minimum atomic E-state index is -1.32. The van der Waals surface area contributed by atoms with Crippen molar-refractivity contribution in [2.24, 2.45) is 0 Å². The van der Waals surface area contributed by atoms with Crippen molar-refractivity contribution in [3.05, 3.63) is 120 Å². The molecule has 1 spiro atoms. The molecule has 0 bridgehead atoms. The van der Waals surface area contributed by atoms with Gasteiger partial charge in [0.25, 0.3) is 0 Å². The molecule has 1 saturated heterocycles. The summed E-state index contributed by atoms with van der Waals surface area (Å²) in [6.07, 6.45) is 4.56. The van der Waals surface area contributed by atoms with E-state index in [1.54, 1.807) is 32.9 Å². The molecule has 314 valence electrons. The lowest BCUT2D eigenvalue weighted by Gasteiger charge is -2.42. The van der Waals surface area contributed by atoms with Crippen LogP contribution in [-0.2, 0) is 43.0 Å². The lowest BCUT2D eigenvalue weighted by molar-refractivity contribution is -0.155. The summed E-state index contributed by atoms with van der Waals surface area (Å²) >= 11 is 1.45. The lowest BCUT2D eigenvalue weighted by Crippen LogP contribution is -2.66. The molecule has 2 aliphatic rings. The largest absolute Gasteiger partial charge is 0.460 e. The van der Waals surface area contributed by atoms with Crippen LogP contribution in [0, 0.1) is 0 Å². The van der Waals surface area contributed by atoms with Crippen molar-refractivity contribution in [2.45, 2.75) is 113 Å². The summed E-state index contributed by atoms with van der Waals surface area (Å²) in [6.45, 7) is 6.70. The molecule has 4 N–H and O–H groups in total. The van der Waals surface area contributed by atoms with Gasteiger partial charge >= 0.3 is 11.9 Å². The van der Waals surface area contributed by atoms with Crippen LogP contribution < -0.4 is 21.3 Å². The second kappa shape index (κ2) is 20.5. The van der Waals surface area contributed by atoms with Gasteiger partial charge in [-0.1, -0.05) is 110 Å². The number of esters is 2. The van der Waals surface area contributed by atoms with E-state index in [1.165, 1.54) is 11.8 Å². The zero-order chi connectivity index (χ0) is 42.5. The van der Waals surface area contributed by atoms with E-state index in [4.69, 9.17) is 9.47 Å². The van der Waals surface area contributed by atoms with Crippen molar-refractivity contribution in [1.82, 2.24) is 21.3 Å². The van der Waals surface area contributed by atoms with Crippen LogP contribution in [0.3, 0.4) is 0 Å². The first-order valence-electron chi connectivity index (χ1n) is 20.3. The molecule has 3 aromatic rings. The number of allylic oxidation sites excluding steroid dienone is 1. The molecule has 3 atom stereocenters. The number of amides is 4. The van der Waals surface area contributed by atoms with Crippen molar-refractivity contribution >= 4 is 47.3 Å². The molecular formula is C46H56N4O8S. The quantitative estimate of drug-likeness (QED) is 0.103. The van der Waals surface area contributed by atoms with Crippen LogP contribution in [0.15, 0.2) is 103 Å². The summed E-state index contributed by atoms with van der Waals surface area (Å²) < 4.78 is 10.2. The fourth-order valence-corrected chi connectivity index (χ4v) is 8.71. The molecule has 3 aromatic carbocycles. The fraction of sp³-hybridized carbons (Fsp3) is 0.435. The van der Waals surface area contributed by atoms with Gasteiger partial charge < -0.3 is 30.7 Å². The SMILES string of the molecule is CCC/C=C/[C@@H]1CC(=O)N[C@H](CCC(=O)OC(C)(C)C)C(=O)N[C@H](CSC(c2ccccc2)(c2ccccc2)c2ccccc2)C(=O)NC2(CCC2)C(=O)NCC(=O)O1. The van der Waals surface area contributed by atoms with E-state index in [0.717, 1.165) is 23.1 Å². The molecule has 5 rings (SSSR count). The highest BCUT2D eigenvalue weighted by molar-refractivity contribution is 8.00. The topological polar surface area (TPSA) is 169 Å². The molecular weight excluding hydrogens is 769 g/mol. The fourth-order valence-electron chi connectivity index (χ4n) is 7.15. The highest BCUT2D eigenvalue weighted by atomic mass is 32.2. The van der Waals surface area contributed by atoms with Crippen LogP contribution in [0.5, 0.6) is 0 Å². The zero-order valence-corrected chi connectivity index (χ0v) is 35.1. The Bertz CT molecular complexity index is 1850. The number of cyclic esters (lactones) is 1. The minimum Gasteiger partial charge on any atom is -0.460 e. The van der Waals surface area contributed by atoms with Crippen molar-refractivity contribution in [1.29, 1.82) is 0 Å². The monoisotopic (exact) mass is 824 g/mol. The van der Waals surface area contributed by atoms with Gasteiger partial charge in [-0.05, 0) is 75.6 Å². The predicted molar refractivity (Wildman–Crippen MR) is 227 cm³/mol. The third-order valence-corrected chi connectivity index (χ3v) is 11.9. The molecule has 13 heteroatoms. The molecule has 1 aliphatic carbocycles. The van der Waals surface area contributed by atoms with Crippen molar-refractivity contribution in [3.63, 3.8) is 0 Å². The van der Waals surface area contributed by atoms with Gasteiger partial charge in [0.05, 0.1) is 11.2 Å². The Morgan fingerprint density at radius 2 is 1.41 bits per heavy atom. The first-order valence-corrected chi connectivity index (χ1v) is 21.3. The van der Waals surface area contributed by atoms with E-state index >= 15 is 0 Å². The summed E-state index contributed by atoms with van der Waals surface area (Å²) in [5.74, 6) is -3.79. The smallest absolute Gasteiger partial charge is 0.326 e. The van der Waals surface area contributed by atoms with Crippen molar-refractivity contribution in [3.8, 4) is 0 Å². The number of carbonyl (C=O) groups excluding carboxylic acids is 6. The Morgan fingerprint density at radius 3 is 1.92 bits per heavy atom. The molecule has 0 unspecified atom stereocenters. The van der Waals surface area contributed by atoms with Crippen molar-refractivity contribution in [2.75, 3.05) is 12.3 Å². The van der Waals surface area contributed by atoms with Gasteiger partial charge in [-0.2, -0.15) is 0 Å². The maximum atomic E-state index is 14.6. The van der Waals surface area contributed by atoms with E-state index in [9.17, 15) is 28.8 Å². The lowest BCUT2D eigenvalue weighted by atomic mass is 9.75. The summed E-state index contributed by atoms with van der Waals surface area (Å²) in [4.78, 5) is 82.3. The van der Waals surface area contributed by atoms with Crippen LogP contribution in [0.2, 0.25) is 0 Å². The van der Waals surface area contributed by atoms with Gasteiger partial charge in [0.2, 0.25) is 23.6 Å². The van der Waals surface area contributed by atoms with Crippen LogP contribution in [0.25, 0.3) is 0 Å². The van der Waals surface area contributed by atoms with Crippen molar-refractivity contribution < 1.29 is 38.2 Å². The van der Waals surface area contributed by atoms with Gasteiger partial charge in [-0.3, -0.25) is 28.8 Å². The molecule has 1 heterocycles. The number of carbonyl (C=O) groups is 6. The molecule has 59 heavy (non-hydrogen) atoms. The van der Waals surface area contributed by atoms with Gasteiger partial charge in [0.1, 0.15) is 35.9 Å². The van der Waals surface area contributed by atoms with Crippen LogP contribution in [0.4, 0.5) is 0 Å². The van der Waals surface area contributed by atoms with E-state index in [1.807, 2.05) is 97.9 Å². The normalized spacial score (nSPS) is 20.7. The highest BCUT2D eigenvalue weighted by Crippen LogP contribution is 2.48. The molecule has 4 amide bonds. The number of hydrogen-bond acceptors (Lipinski definition) is 9. The Hall–Kier alpha value is -5.43. The number of unbranched alkanes of at least 4 members (excludes halogenated alkanes) is 1. The van der Waals surface area contributed by atoms with E-state index < -0.39 is 76.2 Å². The average molecular weight is 825 g/mol. The standard InChI is InChI=1S/C46H56N4O8S/c1-5-6-10-24-35-29-38(51)48-36(25-26-39(52)58-44(2,3)4)41(54)49-37(42(55)50-45(27-17-28-45)43(56)47-30-40(53)57-35)31-59-46(32-18-11-7-12-19-32,33-20-13-8-14-21-33)34-22-15-9-16-23-34/h7-16,18-24,35-37H,5-6,17,25-31H2,1-4H3,(H,47,56)(H,48,51)(H,49,54)(H,50,55)/b24-10+/t35-,36-,37-/m1/s1. The van der Waals surface area contributed by atoms with Crippen LogP contribution in [0.1, 0.15) is 95.8 Å². The summed E-state index contributed by atoms with van der Waals surface area (Å²) in [6, 6.07) is 27.2. The highest BCUT2D eigenvalue weighted by Gasteiger charge is 2.47. The zero-order valence-electron chi connectivity index (χ0n) is 34.3. The van der Waals surface area contributed by atoms with Gasteiger partial charge in [0, 0.05) is 12.2 Å². The maximum absolute atomic E-state index is 14.6. The summed E-state index contributed by atoms with van der Waals surface area (Å²) in [5, 5.41) is 11.2. The predicted octanol–water partition coefficient (Wildman–Crippen LogP) is 5.63. The molecule has 1 saturated carbocycles. The van der Waals surface area contributed by atoms with Crippen LogP contribution in [-0.4, -0.2) is 77.2 Å². The van der Waals surface area contributed by atoms with Crippen LogP contribution >= 0.6 is 11.8 Å². The number of rotatable bonds is 12. The second-order valence-corrected chi connectivity index (χ2v) is 17.2. The molecule has 1 aliphatic heterocycles. The van der Waals surface area contributed by atoms with E-state index in [0.29, 0.717) is 25.7 Å². The average Bonchev–Trinajstić information content (AvgIpc) is 3.19. The number of hydrogen-bond donors (Lipinski definition) is 4. The van der Waals surface area contributed by atoms with Gasteiger partial charge in [0.15, 0.2) is 0 Å². The van der Waals surface area contributed by atoms with Gasteiger partial charge in [-0.25, -0.2) is 0 Å². The molecule has 2 fully saturated rings. The maximum Gasteiger partial charge on any atom is 0.326 e. The first kappa shape index (κ1) is 44.7. The molecule has 0 radical (unpaired) electrons. The third kappa shape index (κ3) is 12.1. The van der Waals surface area contributed by atoms with Gasteiger partial charge in [-0.15, -0.1) is 11.8 Å². The Labute approximate surface area is 351 Å². The number of nitrogens with one attached hydrogen (secondary N) is 4. The molecule has 12 nitrogen and oxygen atoms in total. The summed E-state index contributed by atoms with van der Waals surface area (Å²) in [5.41, 5.74) is 0.720. The Balaban J connectivity index is 1.55. The number of benzene rings is 3. The van der Waals surface area contributed by atoms with E-state index in [-0.39, 0.29) is 25.0 Å². The number of thioether (sulfide) groups is 1. The van der Waals surface area contributed by atoms with E-state index in [2.05, 4.69) is 21.3 Å². The Kier molecular flexibility index (Phi) is 15.5. The summed E-state index contributed by atoms with van der Waals surface area (Å²) in [7, 11) is 0. The minimum absolute atomic E-state index is 0.0251. The first-order chi connectivity index (χ1) is 28.2. The second-order valence-electron chi connectivity index (χ2n) is 16.0. The molecule has 0 aromatic heterocycles. The Morgan fingerprint density at radius 1 is 0.831 bits per heavy atom.